The van der Waals surface area contributed by atoms with E-state index in [0.29, 0.717) is 24.2 Å². The van der Waals surface area contributed by atoms with E-state index in [2.05, 4.69) is 15.3 Å². The van der Waals surface area contributed by atoms with Crippen LogP contribution < -0.4 is 10.9 Å². The van der Waals surface area contributed by atoms with Crippen molar-refractivity contribution in [2.75, 3.05) is 11.9 Å². The van der Waals surface area contributed by atoms with Crippen molar-refractivity contribution in [1.29, 1.82) is 0 Å². The van der Waals surface area contributed by atoms with E-state index in [4.69, 9.17) is 9.90 Å². The van der Waals surface area contributed by atoms with Crippen LogP contribution >= 0.6 is 0 Å². The number of carboxylic acid groups (broad SMARTS) is 1. The van der Waals surface area contributed by atoms with Gasteiger partial charge < -0.3 is 20.3 Å². The molecule has 1 fully saturated rings. The first-order valence-electron chi connectivity index (χ1n) is 10.3. The van der Waals surface area contributed by atoms with E-state index in [9.17, 15) is 14.4 Å². The summed E-state index contributed by atoms with van der Waals surface area (Å²) in [5.41, 5.74) is 2.16. The molecule has 3 N–H and O–H groups in total. The number of amides is 2. The van der Waals surface area contributed by atoms with E-state index in [1.807, 2.05) is 30.3 Å². The van der Waals surface area contributed by atoms with Gasteiger partial charge in [0.25, 0.3) is 12.4 Å². The molecule has 1 saturated heterocycles. The fraction of sp³-hybridized carbons (Fsp3) is 0.208. The summed E-state index contributed by atoms with van der Waals surface area (Å²) >= 11 is 0. The second-order valence-corrected chi connectivity index (χ2v) is 7.93. The molecule has 168 valence electrons. The van der Waals surface area contributed by atoms with E-state index < -0.39 is 11.5 Å². The lowest BCUT2D eigenvalue weighted by atomic mass is 9.73. The highest BCUT2D eigenvalue weighted by atomic mass is 16.3. The third-order valence-electron chi connectivity index (χ3n) is 6.07. The van der Waals surface area contributed by atoms with Crippen molar-refractivity contribution in [2.45, 2.75) is 24.8 Å². The molecule has 1 aromatic carbocycles. The molecule has 1 spiro atoms. The smallest absolute Gasteiger partial charge is 0.290 e. The number of benzene rings is 1. The summed E-state index contributed by atoms with van der Waals surface area (Å²) in [7, 11) is 0. The van der Waals surface area contributed by atoms with Crippen molar-refractivity contribution < 1.29 is 19.5 Å². The maximum atomic E-state index is 13.5. The number of carbonyl (C=O) groups excluding carboxylic acids is 2. The largest absolute Gasteiger partial charge is 0.483 e. The minimum atomic E-state index is -0.897. The van der Waals surface area contributed by atoms with Crippen LogP contribution in [0.3, 0.4) is 0 Å². The lowest BCUT2D eigenvalue weighted by molar-refractivity contribution is -0.123. The van der Waals surface area contributed by atoms with Gasteiger partial charge in [0.15, 0.2) is 0 Å². The molecule has 2 amide bonds. The minimum Gasteiger partial charge on any atom is -0.483 e. The number of aryl methyl sites for hydroxylation is 1. The second-order valence-electron chi connectivity index (χ2n) is 7.93. The highest BCUT2D eigenvalue weighted by Gasteiger charge is 2.59. The van der Waals surface area contributed by atoms with Crippen LogP contribution in [0.4, 0.5) is 5.69 Å². The van der Waals surface area contributed by atoms with Crippen LogP contribution in [0.25, 0.3) is 0 Å². The van der Waals surface area contributed by atoms with Crippen LogP contribution in [-0.2, 0) is 15.0 Å². The Hall–Kier alpha value is -4.27. The molecule has 5 rings (SSSR count). The molecule has 2 aromatic heterocycles. The van der Waals surface area contributed by atoms with Crippen molar-refractivity contribution in [3.05, 3.63) is 93.7 Å². The highest BCUT2D eigenvalue weighted by molar-refractivity contribution is 6.08. The van der Waals surface area contributed by atoms with Crippen LogP contribution in [0.2, 0.25) is 0 Å². The van der Waals surface area contributed by atoms with Crippen LogP contribution in [0.1, 0.15) is 39.6 Å². The lowest BCUT2D eigenvalue weighted by Crippen LogP contribution is -2.42. The topological polar surface area (TPSA) is 132 Å². The number of likely N-dealkylation sites (tertiary alicyclic amines) is 1. The molecule has 0 bridgehead atoms. The zero-order chi connectivity index (χ0) is 23.6. The average Bonchev–Trinajstić information content (AvgIpc) is 3.33. The van der Waals surface area contributed by atoms with Gasteiger partial charge in [-0.1, -0.05) is 24.3 Å². The van der Waals surface area contributed by atoms with Crippen molar-refractivity contribution in [1.82, 2.24) is 14.9 Å². The molecule has 2 aliphatic rings. The standard InChI is InChI=1S/C23H20N4O3.CH2O2/c1-14-11-16(12-19(28)25-14)21(29)27-10-8-23(20(27)15-5-4-9-24-13-15)17-6-2-3-7-18(17)26-22(23)30;2-1-3/h2-7,9,11-13,20H,8,10H2,1H3,(H,25,28)(H,26,30);1H,(H,2,3). The fourth-order valence-corrected chi connectivity index (χ4v) is 4.88. The number of aromatic amines is 1. The number of hydrogen-bond donors (Lipinski definition) is 3. The molecule has 0 saturated carbocycles. The molecular weight excluding hydrogens is 424 g/mol. The summed E-state index contributed by atoms with van der Waals surface area (Å²) in [4.78, 5) is 55.8. The molecule has 33 heavy (non-hydrogen) atoms. The number of para-hydroxylation sites is 1. The van der Waals surface area contributed by atoms with Crippen molar-refractivity contribution >= 4 is 24.0 Å². The summed E-state index contributed by atoms with van der Waals surface area (Å²) in [6.07, 6.45) is 3.86. The van der Waals surface area contributed by atoms with E-state index in [1.54, 1.807) is 36.4 Å². The number of nitrogens with zero attached hydrogens (tertiary/aromatic N) is 2. The van der Waals surface area contributed by atoms with Gasteiger partial charge >= 0.3 is 0 Å². The van der Waals surface area contributed by atoms with Gasteiger partial charge in [0.1, 0.15) is 5.41 Å². The second kappa shape index (κ2) is 8.70. The van der Waals surface area contributed by atoms with Crippen LogP contribution in [0.5, 0.6) is 0 Å². The summed E-state index contributed by atoms with van der Waals surface area (Å²) < 4.78 is 0. The quantitative estimate of drug-likeness (QED) is 0.517. The van der Waals surface area contributed by atoms with Crippen molar-refractivity contribution in [3.8, 4) is 0 Å². The Bertz CT molecular complexity index is 1270. The van der Waals surface area contributed by atoms with Gasteiger partial charge in [0.05, 0.1) is 6.04 Å². The van der Waals surface area contributed by atoms with Crippen molar-refractivity contribution in [2.24, 2.45) is 0 Å². The van der Waals surface area contributed by atoms with Gasteiger partial charge in [-0.25, -0.2) is 0 Å². The SMILES string of the molecule is Cc1cc(C(=O)N2CCC3(C(=O)Nc4ccccc43)C2c2cccnc2)cc(=O)[nH]1.O=CO. The maximum absolute atomic E-state index is 13.5. The fourth-order valence-electron chi connectivity index (χ4n) is 4.88. The number of H-pyrrole nitrogens is 1. The number of fused-ring (bicyclic) bond motifs is 2. The number of aromatic nitrogens is 2. The zero-order valence-electron chi connectivity index (χ0n) is 17.8. The van der Waals surface area contributed by atoms with Gasteiger partial charge in [-0.3, -0.25) is 24.2 Å². The summed E-state index contributed by atoms with van der Waals surface area (Å²) in [6.45, 7) is 1.88. The zero-order valence-corrected chi connectivity index (χ0v) is 17.8. The van der Waals surface area contributed by atoms with Gasteiger partial charge in [-0.15, -0.1) is 0 Å². The predicted octanol–water partition coefficient (Wildman–Crippen LogP) is 2.26. The Morgan fingerprint density at radius 2 is 1.97 bits per heavy atom. The molecule has 2 aliphatic heterocycles. The molecule has 3 aromatic rings. The Balaban J connectivity index is 0.000000821. The Morgan fingerprint density at radius 3 is 2.67 bits per heavy atom. The van der Waals surface area contributed by atoms with E-state index in [0.717, 1.165) is 16.8 Å². The van der Waals surface area contributed by atoms with E-state index >= 15 is 0 Å². The summed E-state index contributed by atoms with van der Waals surface area (Å²) in [6, 6.07) is 13.8. The van der Waals surface area contributed by atoms with Crippen LogP contribution in [0.15, 0.2) is 65.7 Å². The number of nitrogens with one attached hydrogen (secondary N) is 2. The molecule has 2 unspecified atom stereocenters. The van der Waals surface area contributed by atoms with Crippen LogP contribution in [-0.4, -0.2) is 44.8 Å². The molecule has 9 heteroatoms. The first-order valence-corrected chi connectivity index (χ1v) is 10.3. The number of pyridine rings is 2. The third-order valence-corrected chi connectivity index (χ3v) is 6.07. The van der Waals surface area contributed by atoms with Gasteiger partial charge in [-0.2, -0.15) is 0 Å². The van der Waals surface area contributed by atoms with E-state index in [-0.39, 0.29) is 23.8 Å². The molecule has 0 aliphatic carbocycles. The Labute approximate surface area is 189 Å². The predicted molar refractivity (Wildman–Crippen MR) is 120 cm³/mol. The van der Waals surface area contributed by atoms with E-state index in [1.165, 1.54) is 6.07 Å². The maximum Gasteiger partial charge on any atom is 0.290 e. The Morgan fingerprint density at radius 1 is 1.21 bits per heavy atom. The van der Waals surface area contributed by atoms with Gasteiger partial charge in [0.2, 0.25) is 11.5 Å². The summed E-state index contributed by atoms with van der Waals surface area (Å²) in [5.74, 6) is -0.387. The van der Waals surface area contributed by atoms with Crippen LogP contribution in [0, 0.1) is 6.92 Å². The van der Waals surface area contributed by atoms with Gasteiger partial charge in [0, 0.05) is 41.9 Å². The Kier molecular flexibility index (Phi) is 5.78. The summed E-state index contributed by atoms with van der Waals surface area (Å²) in [5, 5.41) is 9.88. The number of rotatable bonds is 2. The molecule has 4 heterocycles. The molecule has 9 nitrogen and oxygen atoms in total. The highest BCUT2D eigenvalue weighted by Crippen LogP contribution is 2.54. The monoisotopic (exact) mass is 446 g/mol. The number of hydrogen-bond acceptors (Lipinski definition) is 5. The first kappa shape index (κ1) is 21.9. The number of anilines is 1. The normalized spacial score (nSPS) is 20.6. The first-order chi connectivity index (χ1) is 15.9. The third kappa shape index (κ3) is 3.67. The lowest BCUT2D eigenvalue weighted by Gasteiger charge is -2.34. The van der Waals surface area contributed by atoms with Crippen molar-refractivity contribution in [3.63, 3.8) is 0 Å². The molecule has 0 radical (unpaired) electrons. The average molecular weight is 446 g/mol. The molecule has 2 atom stereocenters. The van der Waals surface area contributed by atoms with Gasteiger partial charge in [-0.05, 0) is 42.7 Å². The minimum absolute atomic E-state index is 0.116. The molecular formula is C24H22N4O5. The number of carbonyl (C=O) groups is 3.